The third-order valence-electron chi connectivity index (χ3n) is 2.56. The number of nitrogens with zero attached hydrogens (tertiary/aromatic N) is 2. The van der Waals surface area contributed by atoms with Gasteiger partial charge in [-0.15, -0.1) is 0 Å². The predicted molar refractivity (Wildman–Crippen MR) is 53.9 cm³/mol. The van der Waals surface area contributed by atoms with Crippen LogP contribution in [-0.2, 0) is 0 Å². The lowest BCUT2D eigenvalue weighted by Crippen LogP contribution is -2.21. The van der Waals surface area contributed by atoms with Crippen LogP contribution in [0.1, 0.15) is 32.1 Å². The van der Waals surface area contributed by atoms with Gasteiger partial charge in [0.1, 0.15) is 6.10 Å². The zero-order valence-corrected chi connectivity index (χ0v) is 8.45. The van der Waals surface area contributed by atoms with E-state index in [0.29, 0.717) is 0 Å². The molecule has 1 aromatic rings. The van der Waals surface area contributed by atoms with Crippen molar-refractivity contribution in [3.8, 4) is 5.88 Å². The molecule has 1 heterocycles. The van der Waals surface area contributed by atoms with E-state index in [1.807, 2.05) is 0 Å². The molecule has 0 aromatic carbocycles. The summed E-state index contributed by atoms with van der Waals surface area (Å²) in [5, 5.41) is 0. The Balaban J connectivity index is 2.05. The number of nitrogen functional groups attached to an aromatic ring is 1. The topological polar surface area (TPSA) is 61.0 Å². The third kappa shape index (κ3) is 2.55. The number of rotatable bonds is 2. The molecule has 1 fully saturated rings. The molecular formula is C10H14FN3O. The Morgan fingerprint density at radius 2 is 2.07 bits per heavy atom. The minimum Gasteiger partial charge on any atom is -0.472 e. The number of ether oxygens (including phenoxy) is 1. The van der Waals surface area contributed by atoms with E-state index < -0.39 is 5.82 Å². The summed E-state index contributed by atoms with van der Waals surface area (Å²) in [6.07, 6.45) is 6.53. The Labute approximate surface area is 87.7 Å². The van der Waals surface area contributed by atoms with Gasteiger partial charge in [-0.25, -0.2) is 4.98 Å². The molecule has 1 saturated carbocycles. The highest BCUT2D eigenvalue weighted by molar-refractivity contribution is 5.22. The van der Waals surface area contributed by atoms with Crippen molar-refractivity contribution in [1.29, 1.82) is 0 Å². The summed E-state index contributed by atoms with van der Waals surface area (Å²) in [4.78, 5) is 7.28. The second-order valence-electron chi connectivity index (χ2n) is 3.76. The van der Waals surface area contributed by atoms with Gasteiger partial charge in [0, 0.05) is 0 Å². The van der Waals surface area contributed by atoms with E-state index in [4.69, 9.17) is 10.5 Å². The van der Waals surface area contributed by atoms with Crippen LogP contribution in [0.25, 0.3) is 0 Å². The molecule has 1 aliphatic carbocycles. The molecule has 0 bridgehead atoms. The molecule has 0 aliphatic heterocycles. The Morgan fingerprint density at radius 1 is 1.33 bits per heavy atom. The first-order chi connectivity index (χ1) is 7.25. The lowest BCUT2D eigenvalue weighted by molar-refractivity contribution is 0.142. The van der Waals surface area contributed by atoms with Crippen LogP contribution in [-0.4, -0.2) is 16.1 Å². The first-order valence-corrected chi connectivity index (χ1v) is 5.20. The summed E-state index contributed by atoms with van der Waals surface area (Å²) in [6.45, 7) is 0. The van der Waals surface area contributed by atoms with Crippen molar-refractivity contribution in [2.75, 3.05) is 5.73 Å². The van der Waals surface area contributed by atoms with E-state index in [1.165, 1.54) is 6.42 Å². The normalized spacial score (nSPS) is 17.7. The molecule has 1 aliphatic rings. The second kappa shape index (κ2) is 4.42. The predicted octanol–water partition coefficient (Wildman–Crippen LogP) is 1.91. The third-order valence-corrected chi connectivity index (χ3v) is 2.56. The van der Waals surface area contributed by atoms with E-state index in [2.05, 4.69) is 9.97 Å². The maximum Gasteiger partial charge on any atom is 0.255 e. The molecule has 1 aromatic heterocycles. The van der Waals surface area contributed by atoms with Crippen LogP contribution in [0.5, 0.6) is 5.88 Å². The van der Waals surface area contributed by atoms with Gasteiger partial charge < -0.3 is 10.5 Å². The molecule has 0 spiro atoms. The van der Waals surface area contributed by atoms with Crippen LogP contribution < -0.4 is 10.5 Å². The molecule has 82 valence electrons. The van der Waals surface area contributed by atoms with Crippen molar-refractivity contribution in [3.63, 3.8) is 0 Å². The smallest absolute Gasteiger partial charge is 0.255 e. The summed E-state index contributed by atoms with van der Waals surface area (Å²) in [7, 11) is 0. The molecular weight excluding hydrogens is 197 g/mol. The first kappa shape index (κ1) is 10.1. The number of anilines is 1. The lowest BCUT2D eigenvalue weighted by Gasteiger charge is -2.22. The van der Waals surface area contributed by atoms with Crippen molar-refractivity contribution in [1.82, 2.24) is 9.97 Å². The fourth-order valence-electron chi connectivity index (χ4n) is 1.79. The molecule has 0 saturated heterocycles. The van der Waals surface area contributed by atoms with Gasteiger partial charge in [0.2, 0.25) is 11.8 Å². The molecule has 2 N–H and O–H groups in total. The van der Waals surface area contributed by atoms with Gasteiger partial charge in [0.15, 0.2) is 0 Å². The highest BCUT2D eigenvalue weighted by atomic mass is 19.1. The SMILES string of the molecule is Nc1ncc(F)c(OC2CCCCC2)n1. The van der Waals surface area contributed by atoms with E-state index in [9.17, 15) is 4.39 Å². The van der Waals surface area contributed by atoms with Gasteiger partial charge in [-0.05, 0) is 25.7 Å². The fourth-order valence-corrected chi connectivity index (χ4v) is 1.79. The molecule has 4 nitrogen and oxygen atoms in total. The minimum absolute atomic E-state index is 0.0191. The molecule has 15 heavy (non-hydrogen) atoms. The minimum atomic E-state index is -0.547. The molecule has 0 unspecified atom stereocenters. The number of nitrogens with two attached hydrogens (primary N) is 1. The quantitative estimate of drug-likeness (QED) is 0.811. The zero-order chi connectivity index (χ0) is 10.7. The molecule has 0 atom stereocenters. The van der Waals surface area contributed by atoms with Crippen molar-refractivity contribution in [2.24, 2.45) is 0 Å². The van der Waals surface area contributed by atoms with E-state index in [-0.39, 0.29) is 17.9 Å². The number of hydrogen-bond donors (Lipinski definition) is 1. The van der Waals surface area contributed by atoms with Gasteiger partial charge in [-0.3, -0.25) is 0 Å². The van der Waals surface area contributed by atoms with Crippen molar-refractivity contribution in [2.45, 2.75) is 38.2 Å². The Morgan fingerprint density at radius 3 is 2.80 bits per heavy atom. The average Bonchev–Trinajstić information content (AvgIpc) is 2.25. The van der Waals surface area contributed by atoms with Gasteiger partial charge in [-0.2, -0.15) is 9.37 Å². The summed E-state index contributed by atoms with van der Waals surface area (Å²) in [6, 6.07) is 0. The molecule has 2 rings (SSSR count). The van der Waals surface area contributed by atoms with Crippen molar-refractivity contribution in [3.05, 3.63) is 12.0 Å². The largest absolute Gasteiger partial charge is 0.472 e. The monoisotopic (exact) mass is 211 g/mol. The van der Waals surface area contributed by atoms with Gasteiger partial charge >= 0.3 is 0 Å². The van der Waals surface area contributed by atoms with Gasteiger partial charge in [0.05, 0.1) is 6.20 Å². The van der Waals surface area contributed by atoms with E-state index in [0.717, 1.165) is 31.9 Å². The maximum atomic E-state index is 13.2. The zero-order valence-electron chi connectivity index (χ0n) is 8.45. The lowest BCUT2D eigenvalue weighted by atomic mass is 9.98. The second-order valence-corrected chi connectivity index (χ2v) is 3.76. The maximum absolute atomic E-state index is 13.2. The summed E-state index contributed by atoms with van der Waals surface area (Å²) in [5.74, 6) is -0.522. The highest BCUT2D eigenvalue weighted by Crippen LogP contribution is 2.23. The summed E-state index contributed by atoms with van der Waals surface area (Å²) < 4.78 is 18.7. The Kier molecular flexibility index (Phi) is 2.99. The number of aromatic nitrogens is 2. The first-order valence-electron chi connectivity index (χ1n) is 5.20. The van der Waals surface area contributed by atoms with Crippen LogP contribution in [0.3, 0.4) is 0 Å². The fraction of sp³-hybridized carbons (Fsp3) is 0.600. The van der Waals surface area contributed by atoms with Crippen molar-refractivity contribution < 1.29 is 9.13 Å². The summed E-state index contributed by atoms with van der Waals surface area (Å²) in [5.41, 5.74) is 5.36. The van der Waals surface area contributed by atoms with Crippen LogP contribution in [0.4, 0.5) is 10.3 Å². The molecule has 0 radical (unpaired) electrons. The van der Waals surface area contributed by atoms with Crippen LogP contribution in [0, 0.1) is 5.82 Å². The van der Waals surface area contributed by atoms with Gasteiger partial charge in [0.25, 0.3) is 5.88 Å². The Bertz CT molecular complexity index is 339. The average molecular weight is 211 g/mol. The number of halogens is 1. The van der Waals surface area contributed by atoms with Crippen LogP contribution >= 0.6 is 0 Å². The van der Waals surface area contributed by atoms with Crippen LogP contribution in [0.15, 0.2) is 6.20 Å². The van der Waals surface area contributed by atoms with Gasteiger partial charge in [-0.1, -0.05) is 6.42 Å². The van der Waals surface area contributed by atoms with Crippen molar-refractivity contribution >= 4 is 5.95 Å². The van der Waals surface area contributed by atoms with E-state index in [1.54, 1.807) is 0 Å². The standard InChI is InChI=1S/C10H14FN3O/c11-8-6-13-10(12)14-9(8)15-7-4-2-1-3-5-7/h6-7H,1-5H2,(H2,12,13,14). The molecule has 0 amide bonds. The highest BCUT2D eigenvalue weighted by Gasteiger charge is 2.17. The number of hydrogen-bond acceptors (Lipinski definition) is 4. The Hall–Kier alpha value is -1.39. The van der Waals surface area contributed by atoms with Crippen LogP contribution in [0.2, 0.25) is 0 Å². The molecule has 5 heteroatoms. The summed E-state index contributed by atoms with van der Waals surface area (Å²) >= 11 is 0. The van der Waals surface area contributed by atoms with E-state index >= 15 is 0 Å².